The molecule has 1 aromatic heterocycles. The highest BCUT2D eigenvalue weighted by Gasteiger charge is 2.17. The van der Waals surface area contributed by atoms with Crippen molar-refractivity contribution in [3.63, 3.8) is 0 Å². The molecule has 4 nitrogen and oxygen atoms in total. The predicted octanol–water partition coefficient (Wildman–Crippen LogP) is 2.31. The van der Waals surface area contributed by atoms with Crippen LogP contribution in [0.3, 0.4) is 0 Å². The fourth-order valence-corrected chi connectivity index (χ4v) is 1.42. The quantitative estimate of drug-likeness (QED) is 0.846. The van der Waals surface area contributed by atoms with Gasteiger partial charge in [0.15, 0.2) is 0 Å². The summed E-state index contributed by atoms with van der Waals surface area (Å²) >= 11 is 2.18. The standard InChI is InChI=1S/C10H16IN3O/c1-4-15-10(2,3)7-14-9-12-5-8(11)6-13-9/h5-6H,4,7H2,1-3H3,(H,12,13,14). The van der Waals surface area contributed by atoms with Crippen LogP contribution in [0.4, 0.5) is 5.95 Å². The summed E-state index contributed by atoms with van der Waals surface area (Å²) < 4.78 is 6.59. The topological polar surface area (TPSA) is 47.0 Å². The zero-order chi connectivity index (χ0) is 11.3. The highest BCUT2D eigenvalue weighted by molar-refractivity contribution is 14.1. The van der Waals surface area contributed by atoms with Gasteiger partial charge in [0.1, 0.15) is 0 Å². The van der Waals surface area contributed by atoms with Crippen LogP contribution in [-0.2, 0) is 4.74 Å². The minimum atomic E-state index is -0.193. The van der Waals surface area contributed by atoms with Crippen LogP contribution in [-0.4, -0.2) is 28.7 Å². The van der Waals surface area contributed by atoms with Gasteiger partial charge in [-0.05, 0) is 43.4 Å². The molecule has 1 aromatic rings. The fourth-order valence-electron chi connectivity index (χ4n) is 1.14. The van der Waals surface area contributed by atoms with Gasteiger partial charge in [0.05, 0.1) is 5.60 Å². The number of nitrogens with one attached hydrogen (secondary N) is 1. The van der Waals surface area contributed by atoms with Gasteiger partial charge in [-0.15, -0.1) is 0 Å². The Kier molecular flexibility index (Phi) is 4.72. The maximum Gasteiger partial charge on any atom is 0.222 e. The van der Waals surface area contributed by atoms with E-state index in [9.17, 15) is 0 Å². The Bertz CT molecular complexity index is 300. The third-order valence-corrected chi connectivity index (χ3v) is 2.38. The van der Waals surface area contributed by atoms with E-state index < -0.39 is 0 Å². The molecule has 0 saturated carbocycles. The zero-order valence-corrected chi connectivity index (χ0v) is 11.4. The first-order valence-electron chi connectivity index (χ1n) is 4.89. The molecular formula is C10H16IN3O. The van der Waals surface area contributed by atoms with E-state index in [0.29, 0.717) is 19.1 Å². The van der Waals surface area contributed by atoms with Crippen molar-refractivity contribution in [1.82, 2.24) is 9.97 Å². The lowest BCUT2D eigenvalue weighted by Gasteiger charge is -2.24. The molecule has 5 heteroatoms. The van der Waals surface area contributed by atoms with Gasteiger partial charge in [0, 0.05) is 29.1 Å². The molecule has 0 aliphatic rings. The second kappa shape index (κ2) is 5.60. The normalized spacial score (nSPS) is 11.5. The lowest BCUT2D eigenvalue weighted by molar-refractivity contribution is 0.000582. The highest BCUT2D eigenvalue weighted by atomic mass is 127. The first kappa shape index (κ1) is 12.6. The second-order valence-corrected chi connectivity index (χ2v) is 5.02. The summed E-state index contributed by atoms with van der Waals surface area (Å²) in [5.41, 5.74) is -0.193. The van der Waals surface area contributed by atoms with Crippen molar-refractivity contribution in [3.05, 3.63) is 16.0 Å². The zero-order valence-electron chi connectivity index (χ0n) is 9.25. The lowest BCUT2D eigenvalue weighted by Crippen LogP contribution is -2.33. The van der Waals surface area contributed by atoms with Gasteiger partial charge in [0.2, 0.25) is 5.95 Å². The number of ether oxygens (including phenoxy) is 1. The molecular weight excluding hydrogens is 305 g/mol. The van der Waals surface area contributed by atoms with E-state index in [4.69, 9.17) is 4.74 Å². The van der Waals surface area contributed by atoms with Gasteiger partial charge < -0.3 is 10.1 Å². The number of rotatable bonds is 5. The van der Waals surface area contributed by atoms with Crippen LogP contribution in [0.5, 0.6) is 0 Å². The van der Waals surface area contributed by atoms with Gasteiger partial charge in [-0.3, -0.25) is 0 Å². The molecule has 0 bridgehead atoms. The first-order chi connectivity index (χ1) is 7.03. The van der Waals surface area contributed by atoms with Gasteiger partial charge in [-0.2, -0.15) is 0 Å². The van der Waals surface area contributed by atoms with Crippen molar-refractivity contribution >= 4 is 28.5 Å². The number of hydrogen-bond acceptors (Lipinski definition) is 4. The summed E-state index contributed by atoms with van der Waals surface area (Å²) in [5.74, 6) is 0.642. The van der Waals surface area contributed by atoms with Crippen LogP contribution >= 0.6 is 22.6 Å². The Morgan fingerprint density at radius 1 is 1.40 bits per heavy atom. The molecule has 1 N–H and O–H groups in total. The van der Waals surface area contributed by atoms with Crippen molar-refractivity contribution < 1.29 is 4.74 Å². The van der Waals surface area contributed by atoms with E-state index in [2.05, 4.69) is 37.9 Å². The van der Waals surface area contributed by atoms with E-state index in [0.717, 1.165) is 3.57 Å². The Morgan fingerprint density at radius 2 is 2.00 bits per heavy atom. The molecule has 84 valence electrons. The molecule has 0 aliphatic heterocycles. The second-order valence-electron chi connectivity index (χ2n) is 3.77. The third-order valence-electron chi connectivity index (χ3n) is 1.83. The molecule has 0 fully saturated rings. The van der Waals surface area contributed by atoms with E-state index in [1.807, 2.05) is 20.8 Å². The average molecular weight is 321 g/mol. The third kappa shape index (κ3) is 4.74. The van der Waals surface area contributed by atoms with Crippen molar-refractivity contribution in [2.75, 3.05) is 18.5 Å². The maximum absolute atomic E-state index is 5.56. The van der Waals surface area contributed by atoms with Crippen LogP contribution in [0.15, 0.2) is 12.4 Å². The Morgan fingerprint density at radius 3 is 2.53 bits per heavy atom. The Hall–Kier alpha value is -0.430. The molecule has 0 aromatic carbocycles. The van der Waals surface area contributed by atoms with Crippen LogP contribution in [0.2, 0.25) is 0 Å². The summed E-state index contributed by atoms with van der Waals surface area (Å²) in [4.78, 5) is 8.31. The molecule has 0 amide bonds. The van der Waals surface area contributed by atoms with Gasteiger partial charge in [-0.25, -0.2) is 9.97 Å². The minimum absolute atomic E-state index is 0.193. The summed E-state index contributed by atoms with van der Waals surface area (Å²) in [6.45, 7) is 7.47. The van der Waals surface area contributed by atoms with Gasteiger partial charge in [0.25, 0.3) is 0 Å². The van der Waals surface area contributed by atoms with E-state index in [1.165, 1.54) is 0 Å². The van der Waals surface area contributed by atoms with Crippen molar-refractivity contribution in [2.24, 2.45) is 0 Å². The first-order valence-corrected chi connectivity index (χ1v) is 5.97. The minimum Gasteiger partial charge on any atom is -0.374 e. The number of nitrogens with zero attached hydrogens (tertiary/aromatic N) is 2. The van der Waals surface area contributed by atoms with Gasteiger partial charge in [-0.1, -0.05) is 0 Å². The van der Waals surface area contributed by atoms with Gasteiger partial charge >= 0.3 is 0 Å². The molecule has 1 heterocycles. The van der Waals surface area contributed by atoms with E-state index in [-0.39, 0.29) is 5.60 Å². The molecule has 0 saturated heterocycles. The number of aromatic nitrogens is 2. The maximum atomic E-state index is 5.56. The highest BCUT2D eigenvalue weighted by Crippen LogP contribution is 2.10. The number of hydrogen-bond donors (Lipinski definition) is 1. The molecule has 0 unspecified atom stereocenters. The smallest absolute Gasteiger partial charge is 0.222 e. The summed E-state index contributed by atoms with van der Waals surface area (Å²) in [6, 6.07) is 0. The Labute approximate surface area is 104 Å². The molecule has 15 heavy (non-hydrogen) atoms. The van der Waals surface area contributed by atoms with E-state index >= 15 is 0 Å². The average Bonchev–Trinajstić information content (AvgIpc) is 2.17. The van der Waals surface area contributed by atoms with Crippen molar-refractivity contribution in [1.29, 1.82) is 0 Å². The number of anilines is 1. The molecule has 0 aliphatic carbocycles. The van der Waals surface area contributed by atoms with Crippen LogP contribution in [0.25, 0.3) is 0 Å². The largest absolute Gasteiger partial charge is 0.374 e. The van der Waals surface area contributed by atoms with Crippen molar-refractivity contribution in [2.45, 2.75) is 26.4 Å². The number of halogens is 1. The predicted molar refractivity (Wildman–Crippen MR) is 68.9 cm³/mol. The Balaban J connectivity index is 2.46. The van der Waals surface area contributed by atoms with Crippen LogP contribution in [0.1, 0.15) is 20.8 Å². The summed E-state index contributed by atoms with van der Waals surface area (Å²) in [6.07, 6.45) is 3.56. The monoisotopic (exact) mass is 321 g/mol. The summed E-state index contributed by atoms with van der Waals surface area (Å²) in [7, 11) is 0. The SMILES string of the molecule is CCOC(C)(C)CNc1ncc(I)cn1. The lowest BCUT2D eigenvalue weighted by atomic mass is 10.1. The van der Waals surface area contributed by atoms with Crippen molar-refractivity contribution in [3.8, 4) is 0 Å². The van der Waals surface area contributed by atoms with Crippen LogP contribution < -0.4 is 5.32 Å². The van der Waals surface area contributed by atoms with Crippen LogP contribution in [0, 0.1) is 3.57 Å². The summed E-state index contributed by atoms with van der Waals surface area (Å²) in [5, 5.41) is 3.15. The van der Waals surface area contributed by atoms with E-state index in [1.54, 1.807) is 12.4 Å². The molecule has 0 spiro atoms. The fraction of sp³-hybridized carbons (Fsp3) is 0.600. The molecule has 0 radical (unpaired) electrons. The molecule has 1 rings (SSSR count). The molecule has 0 atom stereocenters.